The molecule has 0 radical (unpaired) electrons. The van der Waals surface area contributed by atoms with Crippen molar-refractivity contribution in [2.45, 2.75) is 38.6 Å². The number of methoxy groups -OCH3 is 1. The van der Waals surface area contributed by atoms with E-state index in [1.807, 2.05) is 0 Å². The predicted octanol–water partition coefficient (Wildman–Crippen LogP) is 1.39. The van der Waals surface area contributed by atoms with Gasteiger partial charge < -0.3 is 14.6 Å². The highest BCUT2D eigenvalue weighted by molar-refractivity contribution is 4.96. The van der Waals surface area contributed by atoms with Crippen molar-refractivity contribution >= 4 is 0 Å². The molecule has 6 nitrogen and oxygen atoms in total. The Morgan fingerprint density at radius 1 is 1.40 bits per heavy atom. The van der Waals surface area contributed by atoms with E-state index in [0.717, 1.165) is 70.2 Å². The van der Waals surface area contributed by atoms with Crippen LogP contribution < -0.4 is 5.32 Å². The van der Waals surface area contributed by atoms with Crippen LogP contribution in [0.5, 0.6) is 0 Å². The Hall–Kier alpha value is -0.980. The van der Waals surface area contributed by atoms with Crippen LogP contribution in [-0.2, 0) is 11.2 Å². The minimum Gasteiger partial charge on any atom is -0.385 e. The first-order valence-electron chi connectivity index (χ1n) is 7.61. The maximum absolute atomic E-state index is 5.37. The van der Waals surface area contributed by atoms with Crippen LogP contribution in [0.3, 0.4) is 0 Å². The quantitative estimate of drug-likeness (QED) is 0.727. The Morgan fingerprint density at radius 3 is 2.90 bits per heavy atom. The molecule has 1 N–H and O–H groups in total. The molecule has 0 amide bonds. The molecule has 2 rings (SSSR count). The van der Waals surface area contributed by atoms with Crippen molar-refractivity contribution in [3.8, 4) is 0 Å². The molecule has 0 spiro atoms. The van der Waals surface area contributed by atoms with Crippen LogP contribution in [0, 0.1) is 0 Å². The number of aryl methyl sites for hydroxylation is 1. The van der Waals surface area contributed by atoms with E-state index in [1.54, 1.807) is 7.11 Å². The van der Waals surface area contributed by atoms with E-state index in [9.17, 15) is 0 Å². The number of rotatable bonds is 8. The summed E-state index contributed by atoms with van der Waals surface area (Å²) in [5.74, 6) is 1.58. The molecule has 1 atom stereocenters. The first kappa shape index (κ1) is 15.4. The Bertz CT molecular complexity index is 377. The van der Waals surface area contributed by atoms with Gasteiger partial charge in [0.15, 0.2) is 5.82 Å². The molecule has 1 aromatic rings. The molecule has 1 aromatic heterocycles. The van der Waals surface area contributed by atoms with Crippen molar-refractivity contribution in [2.24, 2.45) is 0 Å². The third-order valence-electron chi connectivity index (χ3n) is 3.68. The third kappa shape index (κ3) is 4.26. The summed E-state index contributed by atoms with van der Waals surface area (Å²) in [6.45, 7) is 7.12. The van der Waals surface area contributed by atoms with Crippen LogP contribution in [0.4, 0.5) is 0 Å². The zero-order valence-corrected chi connectivity index (χ0v) is 12.6. The van der Waals surface area contributed by atoms with E-state index in [1.165, 1.54) is 0 Å². The molecule has 1 fully saturated rings. The first-order chi connectivity index (χ1) is 9.85. The predicted molar refractivity (Wildman–Crippen MR) is 76.6 cm³/mol. The molecule has 20 heavy (non-hydrogen) atoms. The van der Waals surface area contributed by atoms with Crippen LogP contribution in [0.1, 0.15) is 43.9 Å². The maximum Gasteiger partial charge on any atom is 0.226 e. The Morgan fingerprint density at radius 2 is 2.20 bits per heavy atom. The van der Waals surface area contributed by atoms with E-state index >= 15 is 0 Å². The highest BCUT2D eigenvalue weighted by atomic mass is 16.5. The van der Waals surface area contributed by atoms with Crippen molar-refractivity contribution in [2.75, 3.05) is 39.9 Å². The summed E-state index contributed by atoms with van der Waals surface area (Å²) in [6, 6.07) is 0.294. The largest absolute Gasteiger partial charge is 0.385 e. The fraction of sp³-hybridized carbons (Fsp3) is 0.857. The number of piperazine rings is 1. The number of ether oxygens (including phenoxy) is 1. The van der Waals surface area contributed by atoms with Gasteiger partial charge >= 0.3 is 0 Å². The molecule has 1 aliphatic rings. The third-order valence-corrected chi connectivity index (χ3v) is 3.68. The Kier molecular flexibility index (Phi) is 6.42. The van der Waals surface area contributed by atoms with Gasteiger partial charge in [0, 0.05) is 46.3 Å². The minimum absolute atomic E-state index is 0.294. The summed E-state index contributed by atoms with van der Waals surface area (Å²) in [5, 5.41) is 7.58. The average molecular weight is 282 g/mol. The molecule has 1 saturated heterocycles. The van der Waals surface area contributed by atoms with E-state index in [2.05, 4.69) is 27.3 Å². The van der Waals surface area contributed by atoms with Gasteiger partial charge in [0.05, 0.1) is 6.04 Å². The molecule has 6 heteroatoms. The van der Waals surface area contributed by atoms with Gasteiger partial charge in [0.1, 0.15) is 0 Å². The highest BCUT2D eigenvalue weighted by Crippen LogP contribution is 2.23. The van der Waals surface area contributed by atoms with Gasteiger partial charge in [-0.25, -0.2) is 0 Å². The second-order valence-electron chi connectivity index (χ2n) is 5.23. The van der Waals surface area contributed by atoms with E-state index in [-0.39, 0.29) is 0 Å². The normalized spacial score (nSPS) is 18.3. The van der Waals surface area contributed by atoms with Gasteiger partial charge in [-0.3, -0.25) is 4.90 Å². The number of nitrogens with zero attached hydrogens (tertiary/aromatic N) is 3. The smallest absolute Gasteiger partial charge is 0.226 e. The molecule has 0 bridgehead atoms. The highest BCUT2D eigenvalue weighted by Gasteiger charge is 2.25. The second-order valence-corrected chi connectivity index (χ2v) is 5.23. The summed E-state index contributed by atoms with van der Waals surface area (Å²) in [4.78, 5) is 7.04. The SMILES string of the molecule is CCCC(c1noc(CCCOC)n1)N1CCNCC1. The van der Waals surface area contributed by atoms with Crippen molar-refractivity contribution in [1.82, 2.24) is 20.4 Å². The summed E-state index contributed by atoms with van der Waals surface area (Å²) in [7, 11) is 1.71. The average Bonchev–Trinajstić information content (AvgIpc) is 2.94. The van der Waals surface area contributed by atoms with E-state index in [0.29, 0.717) is 6.04 Å². The molecular formula is C14H26N4O2. The molecule has 0 saturated carbocycles. The van der Waals surface area contributed by atoms with Crippen LogP contribution in [-0.4, -0.2) is 54.9 Å². The monoisotopic (exact) mass is 282 g/mol. The second kappa shape index (κ2) is 8.34. The number of aromatic nitrogens is 2. The van der Waals surface area contributed by atoms with Crippen molar-refractivity contribution in [3.05, 3.63) is 11.7 Å². The van der Waals surface area contributed by atoms with Crippen LogP contribution >= 0.6 is 0 Å². The van der Waals surface area contributed by atoms with Gasteiger partial charge in [-0.05, 0) is 12.8 Å². The topological polar surface area (TPSA) is 63.4 Å². The maximum atomic E-state index is 5.37. The van der Waals surface area contributed by atoms with Gasteiger partial charge in [0.25, 0.3) is 0 Å². The minimum atomic E-state index is 0.294. The van der Waals surface area contributed by atoms with Crippen LogP contribution in [0.15, 0.2) is 4.52 Å². The van der Waals surface area contributed by atoms with Crippen LogP contribution in [0.2, 0.25) is 0 Å². The summed E-state index contributed by atoms with van der Waals surface area (Å²) < 4.78 is 10.4. The van der Waals surface area contributed by atoms with E-state index < -0.39 is 0 Å². The van der Waals surface area contributed by atoms with Crippen LogP contribution in [0.25, 0.3) is 0 Å². The van der Waals surface area contributed by atoms with Gasteiger partial charge in [0.2, 0.25) is 5.89 Å². The summed E-state index contributed by atoms with van der Waals surface area (Å²) in [6.07, 6.45) is 3.92. The Balaban J connectivity index is 1.97. The lowest BCUT2D eigenvalue weighted by atomic mass is 10.1. The Labute approximate surface area is 120 Å². The molecule has 0 aliphatic carbocycles. The van der Waals surface area contributed by atoms with Crippen molar-refractivity contribution in [1.29, 1.82) is 0 Å². The lowest BCUT2D eigenvalue weighted by molar-refractivity contribution is 0.155. The van der Waals surface area contributed by atoms with Crippen molar-refractivity contribution in [3.63, 3.8) is 0 Å². The lowest BCUT2D eigenvalue weighted by Gasteiger charge is -2.33. The zero-order valence-electron chi connectivity index (χ0n) is 12.6. The van der Waals surface area contributed by atoms with Gasteiger partial charge in [-0.15, -0.1) is 0 Å². The molecular weight excluding hydrogens is 256 g/mol. The zero-order chi connectivity index (χ0) is 14.2. The summed E-state index contributed by atoms with van der Waals surface area (Å²) in [5.41, 5.74) is 0. The molecule has 1 aliphatic heterocycles. The number of hydrogen-bond acceptors (Lipinski definition) is 6. The summed E-state index contributed by atoms with van der Waals surface area (Å²) >= 11 is 0. The van der Waals surface area contributed by atoms with Gasteiger partial charge in [-0.2, -0.15) is 4.98 Å². The standard InChI is InChI=1S/C14H26N4O2/c1-3-5-12(18-9-7-15-8-10-18)14-16-13(20-17-14)6-4-11-19-2/h12,15H,3-11H2,1-2H3. The number of nitrogens with one attached hydrogen (secondary N) is 1. The number of hydrogen-bond donors (Lipinski definition) is 1. The van der Waals surface area contributed by atoms with Gasteiger partial charge in [-0.1, -0.05) is 18.5 Å². The first-order valence-corrected chi connectivity index (χ1v) is 7.61. The fourth-order valence-electron chi connectivity index (χ4n) is 2.61. The molecule has 114 valence electrons. The molecule has 1 unspecified atom stereocenters. The lowest BCUT2D eigenvalue weighted by Crippen LogP contribution is -2.45. The molecule has 0 aromatic carbocycles. The van der Waals surface area contributed by atoms with Crippen molar-refractivity contribution < 1.29 is 9.26 Å². The van der Waals surface area contributed by atoms with E-state index in [4.69, 9.17) is 9.26 Å². The molecule has 2 heterocycles. The fourth-order valence-corrected chi connectivity index (χ4v) is 2.61.